The number of hydrogen-bond donors (Lipinski definition) is 1. The Morgan fingerprint density at radius 3 is 2.73 bits per heavy atom. The number of aldehydes is 1. The van der Waals surface area contributed by atoms with Crippen molar-refractivity contribution in [3.8, 4) is 17.1 Å². The summed E-state index contributed by atoms with van der Waals surface area (Å²) in [5, 5.41) is 9.63. The highest BCUT2D eigenvalue weighted by molar-refractivity contribution is 5.74. The van der Waals surface area contributed by atoms with Crippen LogP contribution in [-0.2, 0) is 7.05 Å². The number of benzene rings is 1. The van der Waals surface area contributed by atoms with Gasteiger partial charge in [-0.1, -0.05) is 12.1 Å². The molecule has 0 unspecified atom stereocenters. The van der Waals surface area contributed by atoms with E-state index < -0.39 is 0 Å². The predicted molar refractivity (Wildman–Crippen MR) is 55.7 cm³/mol. The summed E-state index contributed by atoms with van der Waals surface area (Å²) in [6, 6.07) is 6.89. The number of aryl methyl sites for hydroxylation is 1. The summed E-state index contributed by atoms with van der Waals surface area (Å²) in [5.74, 6) is 0.735. The van der Waals surface area contributed by atoms with E-state index in [0.717, 1.165) is 0 Å². The molecule has 0 saturated heterocycles. The van der Waals surface area contributed by atoms with Gasteiger partial charge in [-0.25, -0.2) is 4.98 Å². The Kier molecular flexibility index (Phi) is 2.25. The van der Waals surface area contributed by atoms with Gasteiger partial charge in [0, 0.05) is 13.2 Å². The summed E-state index contributed by atoms with van der Waals surface area (Å²) >= 11 is 0. The minimum Gasteiger partial charge on any atom is -0.507 e. The highest BCUT2D eigenvalue weighted by Gasteiger charge is 2.10. The number of carbonyl (C=O) groups excluding carboxylic acids is 1. The van der Waals surface area contributed by atoms with Gasteiger partial charge in [0.25, 0.3) is 0 Å². The second-order valence-electron chi connectivity index (χ2n) is 3.24. The summed E-state index contributed by atoms with van der Waals surface area (Å²) < 4.78 is 1.71. The number of rotatable bonds is 2. The number of carbonyl (C=O) groups is 1. The Hall–Kier alpha value is -2.10. The average molecular weight is 202 g/mol. The van der Waals surface area contributed by atoms with Gasteiger partial charge in [0.05, 0.1) is 5.56 Å². The number of nitrogens with zero attached hydrogens (tertiary/aromatic N) is 2. The molecular weight excluding hydrogens is 192 g/mol. The van der Waals surface area contributed by atoms with E-state index in [1.807, 2.05) is 6.07 Å². The zero-order valence-electron chi connectivity index (χ0n) is 8.21. The number of phenols is 1. The van der Waals surface area contributed by atoms with E-state index in [4.69, 9.17) is 0 Å². The molecule has 0 spiro atoms. The molecule has 0 amide bonds. The molecule has 0 aliphatic carbocycles. The first-order chi connectivity index (χ1) is 7.22. The number of para-hydroxylation sites is 1. The van der Waals surface area contributed by atoms with Crippen molar-refractivity contribution in [2.24, 2.45) is 7.05 Å². The molecular formula is C11H10N2O2. The molecule has 0 radical (unpaired) electrons. The quantitative estimate of drug-likeness (QED) is 0.752. The molecule has 0 bridgehead atoms. The monoisotopic (exact) mass is 202 g/mol. The van der Waals surface area contributed by atoms with Crippen LogP contribution in [0.1, 0.15) is 10.5 Å². The van der Waals surface area contributed by atoms with Crippen LogP contribution < -0.4 is 0 Å². The molecule has 76 valence electrons. The fourth-order valence-corrected chi connectivity index (χ4v) is 1.46. The first kappa shape index (κ1) is 9.45. The summed E-state index contributed by atoms with van der Waals surface area (Å²) in [6.45, 7) is 0. The molecule has 0 fully saturated rings. The number of imidazole rings is 1. The molecule has 1 aromatic heterocycles. The maximum absolute atomic E-state index is 10.5. The van der Waals surface area contributed by atoms with Crippen LogP contribution in [0.5, 0.6) is 5.75 Å². The Labute approximate surface area is 86.8 Å². The summed E-state index contributed by atoms with van der Waals surface area (Å²) in [4.78, 5) is 14.6. The van der Waals surface area contributed by atoms with E-state index in [1.54, 1.807) is 36.0 Å². The van der Waals surface area contributed by atoms with E-state index in [-0.39, 0.29) is 5.75 Å². The zero-order chi connectivity index (χ0) is 10.8. The van der Waals surface area contributed by atoms with Crippen LogP contribution in [0.2, 0.25) is 0 Å². The summed E-state index contributed by atoms with van der Waals surface area (Å²) in [6.07, 6.45) is 2.30. The maximum atomic E-state index is 10.5. The Bertz CT molecular complexity index is 503. The third-order valence-electron chi connectivity index (χ3n) is 2.16. The maximum Gasteiger partial charge on any atom is 0.170 e. The van der Waals surface area contributed by atoms with Crippen molar-refractivity contribution in [2.75, 3.05) is 0 Å². The van der Waals surface area contributed by atoms with Crippen molar-refractivity contribution < 1.29 is 9.90 Å². The van der Waals surface area contributed by atoms with Crippen LogP contribution in [0.15, 0.2) is 30.5 Å². The van der Waals surface area contributed by atoms with Crippen molar-refractivity contribution in [3.05, 3.63) is 36.2 Å². The van der Waals surface area contributed by atoms with Crippen molar-refractivity contribution in [2.45, 2.75) is 0 Å². The molecule has 0 aliphatic rings. The van der Waals surface area contributed by atoms with Crippen LogP contribution >= 0.6 is 0 Å². The molecule has 15 heavy (non-hydrogen) atoms. The molecule has 0 aliphatic heterocycles. The lowest BCUT2D eigenvalue weighted by atomic mass is 10.2. The van der Waals surface area contributed by atoms with E-state index in [2.05, 4.69) is 4.98 Å². The number of aromatic nitrogens is 2. The number of aromatic hydroxyl groups is 1. The van der Waals surface area contributed by atoms with E-state index >= 15 is 0 Å². The lowest BCUT2D eigenvalue weighted by Crippen LogP contribution is -1.90. The second-order valence-corrected chi connectivity index (χ2v) is 3.24. The van der Waals surface area contributed by atoms with E-state index in [0.29, 0.717) is 23.4 Å². The minimum atomic E-state index is 0.156. The fraction of sp³-hybridized carbons (Fsp3) is 0.0909. The third kappa shape index (κ3) is 1.61. The Morgan fingerprint density at radius 1 is 1.40 bits per heavy atom. The molecule has 1 heterocycles. The molecule has 0 atom stereocenters. The van der Waals surface area contributed by atoms with E-state index in [1.165, 1.54) is 0 Å². The molecule has 2 aromatic rings. The van der Waals surface area contributed by atoms with Gasteiger partial charge >= 0.3 is 0 Å². The van der Waals surface area contributed by atoms with Crippen molar-refractivity contribution in [1.29, 1.82) is 0 Å². The van der Waals surface area contributed by atoms with Gasteiger partial charge in [-0.05, 0) is 12.1 Å². The topological polar surface area (TPSA) is 55.1 Å². The lowest BCUT2D eigenvalue weighted by molar-refractivity contribution is 0.111. The Morgan fingerprint density at radius 2 is 2.13 bits per heavy atom. The fourth-order valence-electron chi connectivity index (χ4n) is 1.46. The summed E-state index contributed by atoms with van der Waals surface area (Å²) in [7, 11) is 1.78. The van der Waals surface area contributed by atoms with Crippen LogP contribution in [-0.4, -0.2) is 20.9 Å². The van der Waals surface area contributed by atoms with Gasteiger partial charge in [0.15, 0.2) is 6.29 Å². The smallest absolute Gasteiger partial charge is 0.170 e. The van der Waals surface area contributed by atoms with Gasteiger partial charge in [-0.3, -0.25) is 4.79 Å². The van der Waals surface area contributed by atoms with Gasteiger partial charge in [0.2, 0.25) is 0 Å². The predicted octanol–water partition coefficient (Wildman–Crippen LogP) is 1.61. The van der Waals surface area contributed by atoms with Crippen LogP contribution in [0, 0.1) is 0 Å². The van der Waals surface area contributed by atoms with Crippen molar-refractivity contribution in [3.63, 3.8) is 0 Å². The number of hydrogen-bond acceptors (Lipinski definition) is 3. The molecule has 4 heteroatoms. The Balaban J connectivity index is 2.58. The van der Waals surface area contributed by atoms with Crippen molar-refractivity contribution >= 4 is 6.29 Å². The first-order valence-corrected chi connectivity index (χ1v) is 4.49. The number of phenolic OH excluding ortho intramolecular Hbond substituents is 1. The standard InChI is InChI=1S/C11H10N2O2/c1-13-6-8(7-14)12-11(13)9-4-2-3-5-10(9)15/h2-7,15H,1H3. The summed E-state index contributed by atoms with van der Waals surface area (Å²) in [5.41, 5.74) is 0.976. The lowest BCUT2D eigenvalue weighted by Gasteiger charge is -2.03. The van der Waals surface area contributed by atoms with E-state index in [9.17, 15) is 9.90 Å². The largest absolute Gasteiger partial charge is 0.507 e. The molecule has 4 nitrogen and oxygen atoms in total. The van der Waals surface area contributed by atoms with Crippen LogP contribution in [0.3, 0.4) is 0 Å². The van der Waals surface area contributed by atoms with Gasteiger partial charge in [-0.2, -0.15) is 0 Å². The second kappa shape index (κ2) is 3.57. The minimum absolute atomic E-state index is 0.156. The van der Waals surface area contributed by atoms with Crippen molar-refractivity contribution in [1.82, 2.24) is 9.55 Å². The average Bonchev–Trinajstić information content (AvgIpc) is 2.60. The van der Waals surface area contributed by atoms with Crippen LogP contribution in [0.25, 0.3) is 11.4 Å². The highest BCUT2D eigenvalue weighted by Crippen LogP contribution is 2.26. The molecule has 1 N–H and O–H groups in total. The zero-order valence-corrected chi connectivity index (χ0v) is 8.21. The SMILES string of the molecule is Cn1cc(C=O)nc1-c1ccccc1O. The molecule has 0 saturated carbocycles. The molecule has 1 aromatic carbocycles. The third-order valence-corrected chi connectivity index (χ3v) is 2.16. The van der Waals surface area contributed by atoms with Gasteiger partial charge in [-0.15, -0.1) is 0 Å². The van der Waals surface area contributed by atoms with Crippen LogP contribution in [0.4, 0.5) is 0 Å². The van der Waals surface area contributed by atoms with Gasteiger partial charge < -0.3 is 9.67 Å². The first-order valence-electron chi connectivity index (χ1n) is 4.49. The van der Waals surface area contributed by atoms with Gasteiger partial charge in [0.1, 0.15) is 17.3 Å². The molecule has 2 rings (SSSR count). The normalized spacial score (nSPS) is 10.2. The highest BCUT2D eigenvalue weighted by atomic mass is 16.3.